The van der Waals surface area contributed by atoms with Crippen molar-refractivity contribution in [3.63, 3.8) is 0 Å². The zero-order chi connectivity index (χ0) is 23.8. The molecule has 0 fully saturated rings. The lowest BCUT2D eigenvalue weighted by Crippen LogP contribution is -2.16. The van der Waals surface area contributed by atoms with Crippen LogP contribution in [-0.4, -0.2) is 23.8 Å². The summed E-state index contributed by atoms with van der Waals surface area (Å²) in [6, 6.07) is 26.7. The molecule has 0 amide bonds. The first-order chi connectivity index (χ1) is 16.6. The van der Waals surface area contributed by atoms with Gasteiger partial charge in [0.25, 0.3) is 0 Å². The van der Waals surface area contributed by atoms with Crippen LogP contribution in [0.25, 0.3) is 0 Å². The Morgan fingerprint density at radius 1 is 1.00 bits per heavy atom. The summed E-state index contributed by atoms with van der Waals surface area (Å²) in [5, 5.41) is 8.90. The number of carbonyl (C=O) groups is 1. The molecule has 2 atom stereocenters. The SMILES string of the molecule is CC(CC=CC1CCc2c(cccc2OCC(=O)O)C1)OC(c1ccccc1)c1ccccc1. The third kappa shape index (κ3) is 6.36. The van der Waals surface area contributed by atoms with Crippen LogP contribution in [0.4, 0.5) is 0 Å². The fourth-order valence-electron chi connectivity index (χ4n) is 4.60. The van der Waals surface area contributed by atoms with Crippen LogP contribution in [0.2, 0.25) is 0 Å². The van der Waals surface area contributed by atoms with Crippen molar-refractivity contribution in [2.45, 2.75) is 44.8 Å². The summed E-state index contributed by atoms with van der Waals surface area (Å²) in [7, 11) is 0. The standard InChI is InChI=1S/C30H32O4/c1-22(34-30(24-12-4-2-5-13-24)25-14-6-3-7-15-25)10-8-11-23-18-19-27-26(20-23)16-9-17-28(27)33-21-29(31)32/h2-9,11-17,22-23,30H,10,18-21H2,1H3,(H,31,32). The molecule has 3 aromatic carbocycles. The maximum Gasteiger partial charge on any atom is 0.341 e. The van der Waals surface area contributed by atoms with Crippen LogP contribution in [0.3, 0.4) is 0 Å². The molecule has 3 aromatic rings. The number of ether oxygens (including phenoxy) is 2. The molecule has 4 rings (SSSR count). The Morgan fingerprint density at radius 3 is 2.32 bits per heavy atom. The smallest absolute Gasteiger partial charge is 0.341 e. The summed E-state index contributed by atoms with van der Waals surface area (Å²) in [4.78, 5) is 10.8. The lowest BCUT2D eigenvalue weighted by molar-refractivity contribution is -0.139. The molecule has 1 aliphatic rings. The Morgan fingerprint density at radius 2 is 1.68 bits per heavy atom. The average Bonchev–Trinajstić information content (AvgIpc) is 2.87. The molecular weight excluding hydrogens is 424 g/mol. The van der Waals surface area contributed by atoms with Crippen molar-refractivity contribution in [3.05, 3.63) is 113 Å². The van der Waals surface area contributed by atoms with Gasteiger partial charge in [0.1, 0.15) is 11.9 Å². The summed E-state index contributed by atoms with van der Waals surface area (Å²) in [6.07, 6.45) is 8.28. The highest BCUT2D eigenvalue weighted by Gasteiger charge is 2.21. The van der Waals surface area contributed by atoms with Gasteiger partial charge < -0.3 is 14.6 Å². The van der Waals surface area contributed by atoms with Crippen LogP contribution in [0.15, 0.2) is 91.0 Å². The van der Waals surface area contributed by atoms with E-state index in [4.69, 9.17) is 14.6 Å². The van der Waals surface area contributed by atoms with Gasteiger partial charge in [-0.05, 0) is 66.8 Å². The third-order valence-corrected chi connectivity index (χ3v) is 6.28. The van der Waals surface area contributed by atoms with Crippen molar-refractivity contribution in [3.8, 4) is 5.75 Å². The molecule has 0 spiro atoms. The molecule has 0 aliphatic heterocycles. The van der Waals surface area contributed by atoms with Gasteiger partial charge in [0, 0.05) is 0 Å². The van der Waals surface area contributed by atoms with E-state index in [1.807, 2.05) is 24.3 Å². The monoisotopic (exact) mass is 456 g/mol. The maximum absolute atomic E-state index is 10.8. The number of fused-ring (bicyclic) bond motifs is 1. The molecule has 0 saturated carbocycles. The normalized spacial score (nSPS) is 16.4. The molecule has 1 N–H and O–H groups in total. The molecule has 0 bridgehead atoms. The zero-order valence-electron chi connectivity index (χ0n) is 19.6. The first kappa shape index (κ1) is 23.8. The number of carboxylic acid groups (broad SMARTS) is 1. The Bertz CT molecular complexity index is 1050. The van der Waals surface area contributed by atoms with Crippen LogP contribution in [0.1, 0.15) is 48.1 Å². The van der Waals surface area contributed by atoms with E-state index in [0.29, 0.717) is 11.7 Å². The van der Waals surface area contributed by atoms with Crippen molar-refractivity contribution >= 4 is 5.97 Å². The van der Waals surface area contributed by atoms with E-state index in [0.717, 1.165) is 42.4 Å². The quantitative estimate of drug-likeness (QED) is 0.359. The van der Waals surface area contributed by atoms with Gasteiger partial charge in [-0.25, -0.2) is 4.79 Å². The Balaban J connectivity index is 1.35. The van der Waals surface area contributed by atoms with Crippen LogP contribution in [0, 0.1) is 5.92 Å². The van der Waals surface area contributed by atoms with Gasteiger partial charge in [0.2, 0.25) is 0 Å². The van der Waals surface area contributed by atoms with Crippen molar-refractivity contribution < 1.29 is 19.4 Å². The first-order valence-electron chi connectivity index (χ1n) is 12.0. The minimum atomic E-state index is -0.952. The van der Waals surface area contributed by atoms with Crippen molar-refractivity contribution in [1.82, 2.24) is 0 Å². The van der Waals surface area contributed by atoms with E-state index in [1.54, 1.807) is 0 Å². The van der Waals surface area contributed by atoms with E-state index in [1.165, 1.54) is 5.56 Å². The first-order valence-corrected chi connectivity index (χ1v) is 12.0. The van der Waals surface area contributed by atoms with Gasteiger partial charge >= 0.3 is 5.97 Å². The summed E-state index contributed by atoms with van der Waals surface area (Å²) >= 11 is 0. The predicted octanol–water partition coefficient (Wildman–Crippen LogP) is 6.40. The molecule has 176 valence electrons. The Hall–Kier alpha value is -3.37. The second kappa shape index (κ2) is 11.7. The molecular formula is C30H32O4. The van der Waals surface area contributed by atoms with Crippen molar-refractivity contribution in [2.24, 2.45) is 5.92 Å². The second-order valence-corrected chi connectivity index (χ2v) is 8.89. The molecule has 4 heteroatoms. The topological polar surface area (TPSA) is 55.8 Å². The number of benzene rings is 3. The van der Waals surface area contributed by atoms with Gasteiger partial charge in [-0.15, -0.1) is 0 Å². The fourth-order valence-corrected chi connectivity index (χ4v) is 4.60. The van der Waals surface area contributed by atoms with Crippen LogP contribution >= 0.6 is 0 Å². The molecule has 4 nitrogen and oxygen atoms in total. The minimum absolute atomic E-state index is 0.0774. The highest BCUT2D eigenvalue weighted by atomic mass is 16.5. The van der Waals surface area contributed by atoms with E-state index in [2.05, 4.69) is 73.7 Å². The van der Waals surface area contributed by atoms with Gasteiger partial charge in [-0.1, -0.05) is 84.9 Å². The Kier molecular flexibility index (Phi) is 8.16. The average molecular weight is 457 g/mol. The largest absolute Gasteiger partial charge is 0.482 e. The maximum atomic E-state index is 10.8. The summed E-state index contributed by atoms with van der Waals surface area (Å²) in [5.74, 6) is 0.220. The summed E-state index contributed by atoms with van der Waals surface area (Å²) < 4.78 is 12.0. The van der Waals surface area contributed by atoms with Gasteiger partial charge in [-0.2, -0.15) is 0 Å². The van der Waals surface area contributed by atoms with Crippen molar-refractivity contribution in [2.75, 3.05) is 6.61 Å². The molecule has 0 radical (unpaired) electrons. The van der Waals surface area contributed by atoms with Crippen LogP contribution < -0.4 is 4.74 Å². The number of hydrogen-bond donors (Lipinski definition) is 1. The predicted molar refractivity (Wildman–Crippen MR) is 134 cm³/mol. The lowest BCUT2D eigenvalue weighted by atomic mass is 9.83. The lowest BCUT2D eigenvalue weighted by Gasteiger charge is -2.25. The number of carboxylic acids is 1. The fraction of sp³-hybridized carbons (Fsp3) is 0.300. The number of aliphatic carboxylic acids is 1. The van der Waals surface area contributed by atoms with Crippen LogP contribution in [0.5, 0.6) is 5.75 Å². The Labute approximate surface area is 201 Å². The second-order valence-electron chi connectivity index (χ2n) is 8.89. The molecule has 2 unspecified atom stereocenters. The molecule has 34 heavy (non-hydrogen) atoms. The number of rotatable bonds is 10. The number of hydrogen-bond acceptors (Lipinski definition) is 3. The zero-order valence-corrected chi connectivity index (χ0v) is 19.6. The van der Waals surface area contributed by atoms with Crippen LogP contribution in [-0.2, 0) is 22.4 Å². The third-order valence-electron chi connectivity index (χ3n) is 6.28. The van der Waals surface area contributed by atoms with Crippen molar-refractivity contribution in [1.29, 1.82) is 0 Å². The molecule has 0 saturated heterocycles. The highest BCUT2D eigenvalue weighted by Crippen LogP contribution is 2.33. The van der Waals surface area contributed by atoms with E-state index in [9.17, 15) is 4.79 Å². The number of allylic oxidation sites excluding steroid dienone is 1. The van der Waals surface area contributed by atoms with E-state index in [-0.39, 0.29) is 18.8 Å². The van der Waals surface area contributed by atoms with E-state index < -0.39 is 5.97 Å². The minimum Gasteiger partial charge on any atom is -0.482 e. The van der Waals surface area contributed by atoms with Gasteiger partial charge in [0.15, 0.2) is 6.61 Å². The molecule has 0 aromatic heterocycles. The molecule has 1 aliphatic carbocycles. The summed E-state index contributed by atoms with van der Waals surface area (Å²) in [5.41, 5.74) is 4.73. The molecule has 0 heterocycles. The highest BCUT2D eigenvalue weighted by molar-refractivity contribution is 5.68. The van der Waals surface area contributed by atoms with Gasteiger partial charge in [-0.3, -0.25) is 0 Å². The van der Waals surface area contributed by atoms with Gasteiger partial charge in [0.05, 0.1) is 6.10 Å². The summed E-state index contributed by atoms with van der Waals surface area (Å²) in [6.45, 7) is 1.83. The van der Waals surface area contributed by atoms with E-state index >= 15 is 0 Å².